The molecule has 0 saturated carbocycles. The molecule has 0 atom stereocenters. The molecule has 0 spiro atoms. The number of benzene rings is 1. The van der Waals surface area contributed by atoms with Gasteiger partial charge in [-0.1, -0.05) is 29.8 Å². The second-order valence-electron chi connectivity index (χ2n) is 4.21. The summed E-state index contributed by atoms with van der Waals surface area (Å²) in [5.74, 6) is 0.633. The summed E-state index contributed by atoms with van der Waals surface area (Å²) in [6, 6.07) is 9.82. The Hall–Kier alpha value is -1.17. The van der Waals surface area contributed by atoms with E-state index in [-0.39, 0.29) is 5.11 Å². The molecule has 104 valence electrons. The second kappa shape index (κ2) is 7.02. The van der Waals surface area contributed by atoms with Gasteiger partial charge >= 0.3 is 0 Å². The van der Waals surface area contributed by atoms with Crippen molar-refractivity contribution in [1.82, 2.24) is 4.98 Å². The Kier molecular flexibility index (Phi) is 5.34. The number of pyridine rings is 1. The van der Waals surface area contributed by atoms with E-state index < -0.39 is 0 Å². The molecule has 2 aromatic rings. The zero-order valence-corrected chi connectivity index (χ0v) is 13.7. The van der Waals surface area contributed by atoms with E-state index >= 15 is 0 Å². The Balaban J connectivity index is 2.14. The monoisotopic (exact) mass is 369 g/mol. The highest BCUT2D eigenvalue weighted by Gasteiger charge is 2.08. The highest BCUT2D eigenvalue weighted by molar-refractivity contribution is 9.10. The zero-order valence-electron chi connectivity index (χ0n) is 10.6. The number of hydrogen-bond donors (Lipinski definition) is 2. The summed E-state index contributed by atoms with van der Waals surface area (Å²) in [5, 5.41) is 3.83. The van der Waals surface area contributed by atoms with Crippen molar-refractivity contribution in [3.8, 4) is 0 Å². The normalized spacial score (nSPS) is 10.3. The first-order chi connectivity index (χ1) is 9.58. The maximum Gasteiger partial charge on any atom is 0.169 e. The molecule has 0 saturated heterocycles. The quantitative estimate of drug-likeness (QED) is 0.800. The number of nitrogens with zero attached hydrogens (tertiary/aromatic N) is 1. The first kappa shape index (κ1) is 15.2. The molecule has 0 fully saturated rings. The van der Waals surface area contributed by atoms with E-state index in [4.69, 9.17) is 29.6 Å². The second-order valence-corrected chi connectivity index (χ2v) is 5.85. The Morgan fingerprint density at radius 2 is 1.95 bits per heavy atom. The topological polar surface area (TPSA) is 50.9 Å². The maximum absolute atomic E-state index is 6.16. The number of rotatable bonds is 4. The summed E-state index contributed by atoms with van der Waals surface area (Å²) >= 11 is 14.5. The summed E-state index contributed by atoms with van der Waals surface area (Å²) in [6.07, 6.45) is 3.43. The number of nitrogens with one attached hydrogen (secondary N) is 1. The molecule has 1 aromatic heterocycles. The number of anilines is 1. The first-order valence-corrected chi connectivity index (χ1v) is 7.59. The van der Waals surface area contributed by atoms with Crippen LogP contribution >= 0.6 is 39.7 Å². The lowest BCUT2D eigenvalue weighted by molar-refractivity contribution is 0.950. The van der Waals surface area contributed by atoms with E-state index in [0.29, 0.717) is 5.82 Å². The van der Waals surface area contributed by atoms with Crippen molar-refractivity contribution in [2.45, 2.75) is 12.8 Å². The van der Waals surface area contributed by atoms with E-state index in [1.807, 2.05) is 30.3 Å². The van der Waals surface area contributed by atoms with Gasteiger partial charge in [-0.15, -0.1) is 0 Å². The highest BCUT2D eigenvalue weighted by atomic mass is 79.9. The Morgan fingerprint density at radius 1 is 1.25 bits per heavy atom. The number of aromatic nitrogens is 1. The fourth-order valence-corrected chi connectivity index (χ4v) is 2.71. The molecule has 0 bridgehead atoms. The van der Waals surface area contributed by atoms with Crippen LogP contribution in [0.2, 0.25) is 5.02 Å². The van der Waals surface area contributed by atoms with Crippen LogP contribution in [0.5, 0.6) is 0 Å². The molecule has 0 aliphatic heterocycles. The van der Waals surface area contributed by atoms with E-state index in [1.54, 1.807) is 6.20 Å². The van der Waals surface area contributed by atoms with Gasteiger partial charge in [0, 0.05) is 11.2 Å². The molecule has 0 amide bonds. The highest BCUT2D eigenvalue weighted by Crippen LogP contribution is 2.26. The van der Waals surface area contributed by atoms with E-state index in [0.717, 1.165) is 33.5 Å². The van der Waals surface area contributed by atoms with Crippen molar-refractivity contribution in [1.29, 1.82) is 0 Å². The van der Waals surface area contributed by atoms with Crippen LogP contribution in [0.1, 0.15) is 11.1 Å². The molecular formula is C14H13BrClN3S. The molecule has 0 aliphatic rings. The third kappa shape index (κ3) is 3.91. The SMILES string of the molecule is NC(=S)Nc1nccc(CCc2ccccc2Cl)c1Br. The van der Waals surface area contributed by atoms with Crippen molar-refractivity contribution in [3.63, 3.8) is 0 Å². The predicted molar refractivity (Wildman–Crippen MR) is 91.2 cm³/mol. The van der Waals surface area contributed by atoms with Gasteiger partial charge < -0.3 is 11.1 Å². The standard InChI is InChI=1S/C14H13BrClN3S/c15-12-10(7-8-18-13(12)19-14(17)20)6-5-9-3-1-2-4-11(9)16/h1-4,7-8H,5-6H2,(H3,17,18,19,20). The number of hydrogen-bond acceptors (Lipinski definition) is 2. The maximum atomic E-state index is 6.16. The van der Waals surface area contributed by atoms with Crippen LogP contribution in [-0.2, 0) is 12.8 Å². The summed E-state index contributed by atoms with van der Waals surface area (Å²) in [4.78, 5) is 4.20. The van der Waals surface area contributed by atoms with Gasteiger partial charge in [0.15, 0.2) is 5.11 Å². The molecule has 6 heteroatoms. The molecule has 0 unspecified atom stereocenters. The van der Waals surface area contributed by atoms with Gasteiger partial charge in [0.05, 0.1) is 4.47 Å². The molecule has 0 aliphatic carbocycles. The lowest BCUT2D eigenvalue weighted by Gasteiger charge is -2.10. The van der Waals surface area contributed by atoms with Crippen LogP contribution in [0.25, 0.3) is 0 Å². The minimum atomic E-state index is 0.196. The number of halogens is 2. The minimum absolute atomic E-state index is 0.196. The molecule has 1 aromatic carbocycles. The van der Waals surface area contributed by atoms with Gasteiger partial charge in [0.2, 0.25) is 0 Å². The van der Waals surface area contributed by atoms with Gasteiger partial charge in [-0.2, -0.15) is 0 Å². The number of thiocarbonyl (C=S) groups is 1. The van der Waals surface area contributed by atoms with Crippen molar-refractivity contribution < 1.29 is 0 Å². The third-order valence-electron chi connectivity index (χ3n) is 2.83. The van der Waals surface area contributed by atoms with Gasteiger partial charge in [-0.3, -0.25) is 0 Å². The van der Waals surface area contributed by atoms with Crippen LogP contribution in [0.4, 0.5) is 5.82 Å². The molecular weight excluding hydrogens is 358 g/mol. The molecule has 3 nitrogen and oxygen atoms in total. The summed E-state index contributed by atoms with van der Waals surface area (Å²) in [6.45, 7) is 0. The molecule has 2 rings (SSSR count). The van der Waals surface area contributed by atoms with Crippen molar-refractivity contribution in [2.75, 3.05) is 5.32 Å². The Labute approximate surface area is 136 Å². The molecule has 1 heterocycles. The average molecular weight is 371 g/mol. The lowest BCUT2D eigenvalue weighted by atomic mass is 10.1. The van der Waals surface area contributed by atoms with E-state index in [9.17, 15) is 0 Å². The minimum Gasteiger partial charge on any atom is -0.376 e. The van der Waals surface area contributed by atoms with Crippen LogP contribution in [0.3, 0.4) is 0 Å². The van der Waals surface area contributed by atoms with Crippen molar-refractivity contribution >= 4 is 50.7 Å². The lowest BCUT2D eigenvalue weighted by Crippen LogP contribution is -2.20. The first-order valence-electron chi connectivity index (χ1n) is 6.01. The van der Waals surface area contributed by atoms with Gasteiger partial charge in [-0.05, 0) is 64.2 Å². The van der Waals surface area contributed by atoms with Crippen LogP contribution < -0.4 is 11.1 Å². The Morgan fingerprint density at radius 3 is 2.65 bits per heavy atom. The molecule has 0 radical (unpaired) electrons. The fourth-order valence-electron chi connectivity index (χ4n) is 1.85. The van der Waals surface area contributed by atoms with Crippen LogP contribution in [0.15, 0.2) is 41.0 Å². The van der Waals surface area contributed by atoms with Crippen molar-refractivity contribution in [3.05, 3.63) is 57.2 Å². The fraction of sp³-hybridized carbons (Fsp3) is 0.143. The number of nitrogens with two attached hydrogens (primary N) is 1. The number of aryl methyl sites for hydroxylation is 2. The molecule has 3 N–H and O–H groups in total. The summed E-state index contributed by atoms with van der Waals surface area (Å²) < 4.78 is 0.875. The summed E-state index contributed by atoms with van der Waals surface area (Å²) in [7, 11) is 0. The van der Waals surface area contributed by atoms with Crippen LogP contribution in [0, 0.1) is 0 Å². The van der Waals surface area contributed by atoms with Gasteiger partial charge in [0.1, 0.15) is 5.82 Å². The predicted octanol–water partition coefficient (Wildman–Crippen LogP) is 3.94. The zero-order chi connectivity index (χ0) is 14.5. The average Bonchev–Trinajstić information content (AvgIpc) is 2.41. The van der Waals surface area contributed by atoms with Crippen LogP contribution in [-0.4, -0.2) is 10.1 Å². The smallest absolute Gasteiger partial charge is 0.169 e. The Bertz CT molecular complexity index is 634. The molecule has 20 heavy (non-hydrogen) atoms. The van der Waals surface area contributed by atoms with E-state index in [2.05, 4.69) is 26.2 Å². The summed E-state index contributed by atoms with van der Waals surface area (Å²) in [5.41, 5.74) is 7.72. The largest absolute Gasteiger partial charge is 0.376 e. The van der Waals surface area contributed by atoms with Gasteiger partial charge in [0.25, 0.3) is 0 Å². The van der Waals surface area contributed by atoms with Crippen molar-refractivity contribution in [2.24, 2.45) is 5.73 Å². The van der Waals surface area contributed by atoms with E-state index in [1.165, 1.54) is 0 Å². The van der Waals surface area contributed by atoms with Gasteiger partial charge in [-0.25, -0.2) is 4.98 Å². The third-order valence-corrected chi connectivity index (χ3v) is 4.19.